The standard InChI is InChI=1S/C9H16F3NO/c10-9(11,12)8(14)6-13-5-1-2-7-3-4-7/h7-8,13-14H,1-6H2. The van der Waals surface area contributed by atoms with Gasteiger partial charge in [-0.2, -0.15) is 13.2 Å². The van der Waals surface area contributed by atoms with E-state index in [0.717, 1.165) is 18.8 Å². The number of rotatable bonds is 6. The van der Waals surface area contributed by atoms with Gasteiger partial charge in [0.25, 0.3) is 0 Å². The molecule has 1 aliphatic carbocycles. The third kappa shape index (κ3) is 4.81. The van der Waals surface area contributed by atoms with Gasteiger partial charge in [-0.05, 0) is 25.3 Å². The van der Waals surface area contributed by atoms with Gasteiger partial charge >= 0.3 is 6.18 Å². The first-order valence-electron chi connectivity index (χ1n) is 4.95. The summed E-state index contributed by atoms with van der Waals surface area (Å²) in [5.41, 5.74) is 0. The zero-order chi connectivity index (χ0) is 10.6. The summed E-state index contributed by atoms with van der Waals surface area (Å²) < 4.78 is 35.4. The second-order valence-electron chi connectivity index (χ2n) is 3.85. The van der Waals surface area contributed by atoms with E-state index in [2.05, 4.69) is 5.32 Å². The molecule has 0 aliphatic heterocycles. The van der Waals surface area contributed by atoms with Crippen molar-refractivity contribution >= 4 is 0 Å². The molecule has 0 spiro atoms. The van der Waals surface area contributed by atoms with Gasteiger partial charge in [0.1, 0.15) is 0 Å². The average Bonchev–Trinajstić information content (AvgIpc) is 2.85. The van der Waals surface area contributed by atoms with Crippen molar-refractivity contribution in [2.45, 2.75) is 38.0 Å². The molecule has 0 aromatic carbocycles. The second kappa shape index (κ2) is 4.98. The van der Waals surface area contributed by atoms with E-state index in [9.17, 15) is 13.2 Å². The van der Waals surface area contributed by atoms with Gasteiger partial charge in [0.2, 0.25) is 0 Å². The Kier molecular flexibility index (Phi) is 4.19. The van der Waals surface area contributed by atoms with Crippen LogP contribution in [0.15, 0.2) is 0 Å². The van der Waals surface area contributed by atoms with Gasteiger partial charge in [0, 0.05) is 6.54 Å². The topological polar surface area (TPSA) is 32.3 Å². The lowest BCUT2D eigenvalue weighted by Gasteiger charge is -2.14. The quantitative estimate of drug-likeness (QED) is 0.655. The van der Waals surface area contributed by atoms with Crippen LogP contribution in [0, 0.1) is 5.92 Å². The first kappa shape index (κ1) is 11.8. The molecule has 2 nitrogen and oxygen atoms in total. The van der Waals surface area contributed by atoms with Crippen LogP contribution in [0.25, 0.3) is 0 Å². The van der Waals surface area contributed by atoms with Crippen LogP contribution in [0.2, 0.25) is 0 Å². The molecule has 0 saturated heterocycles. The van der Waals surface area contributed by atoms with Crippen molar-refractivity contribution in [2.24, 2.45) is 5.92 Å². The number of alkyl halides is 3. The van der Waals surface area contributed by atoms with Crippen LogP contribution in [-0.2, 0) is 0 Å². The zero-order valence-electron chi connectivity index (χ0n) is 7.98. The van der Waals surface area contributed by atoms with Gasteiger partial charge in [-0.1, -0.05) is 12.8 Å². The van der Waals surface area contributed by atoms with Crippen molar-refractivity contribution in [1.29, 1.82) is 0 Å². The molecule has 5 heteroatoms. The van der Waals surface area contributed by atoms with Crippen LogP contribution in [0.3, 0.4) is 0 Å². The monoisotopic (exact) mass is 211 g/mol. The number of nitrogens with one attached hydrogen (secondary N) is 1. The molecule has 0 aromatic rings. The van der Waals surface area contributed by atoms with Crippen molar-refractivity contribution in [3.8, 4) is 0 Å². The van der Waals surface area contributed by atoms with Crippen molar-refractivity contribution in [2.75, 3.05) is 13.1 Å². The summed E-state index contributed by atoms with van der Waals surface area (Å²) in [7, 11) is 0. The highest BCUT2D eigenvalue weighted by atomic mass is 19.4. The summed E-state index contributed by atoms with van der Waals surface area (Å²) >= 11 is 0. The molecular weight excluding hydrogens is 195 g/mol. The number of aliphatic hydroxyl groups is 1. The fourth-order valence-corrected chi connectivity index (χ4v) is 1.28. The van der Waals surface area contributed by atoms with Gasteiger partial charge in [0.05, 0.1) is 0 Å². The summed E-state index contributed by atoms with van der Waals surface area (Å²) in [6.07, 6.45) is -2.20. The second-order valence-corrected chi connectivity index (χ2v) is 3.85. The summed E-state index contributed by atoms with van der Waals surface area (Å²) in [6.45, 7) is 0.164. The smallest absolute Gasteiger partial charge is 0.382 e. The average molecular weight is 211 g/mol. The summed E-state index contributed by atoms with van der Waals surface area (Å²) in [5.74, 6) is 0.810. The molecule has 1 fully saturated rings. The van der Waals surface area contributed by atoms with Crippen LogP contribution in [0.1, 0.15) is 25.7 Å². The molecule has 14 heavy (non-hydrogen) atoms. The Labute approximate surface area is 81.5 Å². The van der Waals surface area contributed by atoms with E-state index in [0.29, 0.717) is 6.54 Å². The fraction of sp³-hybridized carbons (Fsp3) is 1.00. The summed E-state index contributed by atoms with van der Waals surface area (Å²) in [4.78, 5) is 0. The van der Waals surface area contributed by atoms with Crippen molar-refractivity contribution in [3.63, 3.8) is 0 Å². The highest BCUT2D eigenvalue weighted by Gasteiger charge is 2.37. The predicted molar refractivity (Wildman–Crippen MR) is 46.9 cm³/mol. The lowest BCUT2D eigenvalue weighted by molar-refractivity contribution is -0.201. The zero-order valence-corrected chi connectivity index (χ0v) is 7.98. The van der Waals surface area contributed by atoms with Gasteiger partial charge in [0.15, 0.2) is 6.10 Å². The maximum atomic E-state index is 11.8. The van der Waals surface area contributed by atoms with Crippen LogP contribution in [-0.4, -0.2) is 30.5 Å². The number of aliphatic hydroxyl groups excluding tert-OH is 1. The van der Waals surface area contributed by atoms with Crippen LogP contribution in [0.4, 0.5) is 13.2 Å². The van der Waals surface area contributed by atoms with E-state index in [1.54, 1.807) is 0 Å². The van der Waals surface area contributed by atoms with Gasteiger partial charge in [-0.15, -0.1) is 0 Å². The van der Waals surface area contributed by atoms with Crippen molar-refractivity contribution in [3.05, 3.63) is 0 Å². The molecule has 1 rings (SSSR count). The molecule has 0 radical (unpaired) electrons. The molecule has 0 heterocycles. The molecule has 84 valence electrons. The molecule has 1 aliphatic rings. The molecule has 1 atom stereocenters. The van der Waals surface area contributed by atoms with Crippen LogP contribution < -0.4 is 5.32 Å². The van der Waals surface area contributed by atoms with E-state index >= 15 is 0 Å². The Morgan fingerprint density at radius 1 is 1.36 bits per heavy atom. The van der Waals surface area contributed by atoms with Gasteiger partial charge in [-0.3, -0.25) is 0 Å². The molecule has 0 amide bonds. The van der Waals surface area contributed by atoms with Crippen LogP contribution >= 0.6 is 0 Å². The Morgan fingerprint density at radius 2 is 2.00 bits per heavy atom. The van der Waals surface area contributed by atoms with Gasteiger partial charge < -0.3 is 10.4 Å². The maximum absolute atomic E-state index is 11.8. The van der Waals surface area contributed by atoms with Crippen LogP contribution in [0.5, 0.6) is 0 Å². The lowest BCUT2D eigenvalue weighted by atomic mass is 10.2. The van der Waals surface area contributed by atoms with E-state index in [4.69, 9.17) is 5.11 Å². The lowest BCUT2D eigenvalue weighted by Crippen LogP contribution is -2.38. The Balaban J connectivity index is 1.91. The molecule has 1 saturated carbocycles. The molecule has 1 unspecified atom stereocenters. The number of hydrogen-bond donors (Lipinski definition) is 2. The SMILES string of the molecule is OC(CNCCCC1CC1)C(F)(F)F. The maximum Gasteiger partial charge on any atom is 0.415 e. The molecule has 0 bridgehead atoms. The highest BCUT2D eigenvalue weighted by molar-refractivity contribution is 4.73. The largest absolute Gasteiger partial charge is 0.415 e. The van der Waals surface area contributed by atoms with E-state index in [1.165, 1.54) is 12.8 Å². The van der Waals surface area contributed by atoms with Crippen molar-refractivity contribution in [1.82, 2.24) is 5.32 Å². The number of halogens is 3. The minimum Gasteiger partial charge on any atom is -0.382 e. The Morgan fingerprint density at radius 3 is 2.50 bits per heavy atom. The number of hydrogen-bond acceptors (Lipinski definition) is 2. The third-order valence-corrected chi connectivity index (χ3v) is 2.38. The first-order chi connectivity index (χ1) is 6.50. The van der Waals surface area contributed by atoms with E-state index in [1.807, 2.05) is 0 Å². The normalized spacial score (nSPS) is 19.7. The minimum absolute atomic E-state index is 0.395. The van der Waals surface area contributed by atoms with Gasteiger partial charge in [-0.25, -0.2) is 0 Å². The molecule has 0 aromatic heterocycles. The molecule has 2 N–H and O–H groups in total. The molecular formula is C9H16F3NO. The Hall–Kier alpha value is -0.290. The van der Waals surface area contributed by atoms with Crippen molar-refractivity contribution < 1.29 is 18.3 Å². The first-order valence-corrected chi connectivity index (χ1v) is 4.95. The fourth-order valence-electron chi connectivity index (χ4n) is 1.28. The predicted octanol–water partition coefficient (Wildman–Crippen LogP) is 1.69. The third-order valence-electron chi connectivity index (χ3n) is 2.38. The highest BCUT2D eigenvalue weighted by Crippen LogP contribution is 2.33. The minimum atomic E-state index is -4.50. The van der Waals surface area contributed by atoms with E-state index in [-0.39, 0.29) is 0 Å². The summed E-state index contributed by atoms with van der Waals surface area (Å²) in [5, 5.41) is 11.2. The summed E-state index contributed by atoms with van der Waals surface area (Å²) in [6, 6.07) is 0. The Bertz CT molecular complexity index is 168. The van der Waals surface area contributed by atoms with E-state index < -0.39 is 18.8 Å².